The fourth-order valence-electron chi connectivity index (χ4n) is 2.12. The molecule has 0 unspecified atom stereocenters. The molecule has 0 aromatic heterocycles. The highest BCUT2D eigenvalue weighted by molar-refractivity contribution is 5.99. The van der Waals surface area contributed by atoms with Gasteiger partial charge in [-0.1, -0.05) is 31.2 Å². The fourth-order valence-corrected chi connectivity index (χ4v) is 2.12. The first-order chi connectivity index (χ1) is 10.9. The number of ether oxygens (including phenoxy) is 1. The highest BCUT2D eigenvalue weighted by atomic mass is 19.1. The van der Waals surface area contributed by atoms with Crippen LogP contribution in [0.1, 0.15) is 29.8 Å². The number of nitrogens with zero attached hydrogens (tertiary/aromatic N) is 1. The normalized spacial score (nSPS) is 11.8. The standard InChI is InChI=1S/C17H16FNO4/c1-3-12-4-6-13(7-5-12)17(20)11(2)23-16-10-14(18)8-9-15(16)19(21)22/h4-11H,3H2,1-2H3/t11-/m0/s1. The van der Waals surface area contributed by atoms with Crippen LogP contribution in [0.3, 0.4) is 0 Å². The number of hydrogen-bond donors (Lipinski definition) is 0. The van der Waals surface area contributed by atoms with Crippen LogP contribution in [0.15, 0.2) is 42.5 Å². The van der Waals surface area contributed by atoms with Crippen molar-refractivity contribution in [3.63, 3.8) is 0 Å². The number of halogens is 1. The van der Waals surface area contributed by atoms with Gasteiger partial charge in [-0.25, -0.2) is 4.39 Å². The minimum absolute atomic E-state index is 0.263. The van der Waals surface area contributed by atoms with Crippen molar-refractivity contribution in [2.45, 2.75) is 26.4 Å². The molecule has 0 amide bonds. The van der Waals surface area contributed by atoms with Gasteiger partial charge in [-0.15, -0.1) is 0 Å². The monoisotopic (exact) mass is 317 g/mol. The summed E-state index contributed by atoms with van der Waals surface area (Å²) in [6.07, 6.45) is -0.112. The van der Waals surface area contributed by atoms with Gasteiger partial charge >= 0.3 is 5.69 Å². The molecule has 0 N–H and O–H groups in total. The molecule has 23 heavy (non-hydrogen) atoms. The van der Waals surface area contributed by atoms with E-state index in [-0.39, 0.29) is 17.2 Å². The molecular formula is C17H16FNO4. The highest BCUT2D eigenvalue weighted by Gasteiger charge is 2.22. The molecule has 0 saturated carbocycles. The van der Waals surface area contributed by atoms with Crippen LogP contribution in [0.25, 0.3) is 0 Å². The van der Waals surface area contributed by atoms with Crippen LogP contribution in [-0.4, -0.2) is 16.8 Å². The van der Waals surface area contributed by atoms with E-state index in [4.69, 9.17) is 4.74 Å². The maximum atomic E-state index is 13.3. The molecule has 0 aliphatic heterocycles. The zero-order chi connectivity index (χ0) is 17.0. The van der Waals surface area contributed by atoms with Gasteiger partial charge in [-0.3, -0.25) is 14.9 Å². The Morgan fingerprint density at radius 2 is 1.91 bits per heavy atom. The van der Waals surface area contributed by atoms with Crippen molar-refractivity contribution in [1.82, 2.24) is 0 Å². The molecule has 2 rings (SSSR count). The number of nitro benzene ring substituents is 1. The minimum Gasteiger partial charge on any atom is -0.475 e. The molecule has 6 heteroatoms. The summed E-state index contributed by atoms with van der Waals surface area (Å²) < 4.78 is 18.6. The van der Waals surface area contributed by atoms with Crippen molar-refractivity contribution < 1.29 is 18.8 Å². The lowest BCUT2D eigenvalue weighted by Gasteiger charge is -2.14. The van der Waals surface area contributed by atoms with Crippen LogP contribution in [0.5, 0.6) is 5.75 Å². The van der Waals surface area contributed by atoms with Crippen molar-refractivity contribution in [2.24, 2.45) is 0 Å². The van der Waals surface area contributed by atoms with Gasteiger partial charge in [0, 0.05) is 17.7 Å². The maximum Gasteiger partial charge on any atom is 0.311 e. The summed E-state index contributed by atoms with van der Waals surface area (Å²) in [4.78, 5) is 22.6. The molecule has 0 aliphatic rings. The highest BCUT2D eigenvalue weighted by Crippen LogP contribution is 2.28. The molecule has 1 atom stereocenters. The molecule has 5 nitrogen and oxygen atoms in total. The van der Waals surface area contributed by atoms with Crippen LogP contribution in [0.2, 0.25) is 0 Å². The van der Waals surface area contributed by atoms with Crippen LogP contribution in [0, 0.1) is 15.9 Å². The number of nitro groups is 1. The second kappa shape index (κ2) is 7.00. The van der Waals surface area contributed by atoms with E-state index < -0.39 is 16.8 Å². The summed E-state index contributed by atoms with van der Waals surface area (Å²) in [5.74, 6) is -1.26. The van der Waals surface area contributed by atoms with Crippen LogP contribution in [0.4, 0.5) is 10.1 Å². The Morgan fingerprint density at radius 1 is 1.26 bits per heavy atom. The van der Waals surface area contributed by atoms with Crippen LogP contribution >= 0.6 is 0 Å². The number of aryl methyl sites for hydroxylation is 1. The Hall–Kier alpha value is -2.76. The summed E-state index contributed by atoms with van der Waals surface area (Å²) in [5, 5.41) is 10.9. The van der Waals surface area contributed by atoms with Gasteiger partial charge in [0.15, 0.2) is 6.10 Å². The van der Waals surface area contributed by atoms with Gasteiger partial charge in [0.25, 0.3) is 0 Å². The molecule has 0 aliphatic carbocycles. The van der Waals surface area contributed by atoms with Gasteiger partial charge in [0.05, 0.1) is 4.92 Å². The third kappa shape index (κ3) is 3.91. The topological polar surface area (TPSA) is 69.4 Å². The largest absolute Gasteiger partial charge is 0.475 e. The van der Waals surface area contributed by atoms with E-state index in [1.165, 1.54) is 6.92 Å². The summed E-state index contributed by atoms with van der Waals surface area (Å²) in [5.41, 5.74) is 1.15. The third-order valence-corrected chi connectivity index (χ3v) is 3.44. The Morgan fingerprint density at radius 3 is 2.48 bits per heavy atom. The first kappa shape index (κ1) is 16.6. The summed E-state index contributed by atoms with van der Waals surface area (Å²) in [6, 6.07) is 9.93. The van der Waals surface area contributed by atoms with E-state index in [2.05, 4.69) is 0 Å². The number of carbonyl (C=O) groups excluding carboxylic acids is 1. The second-order valence-electron chi connectivity index (χ2n) is 5.04. The number of rotatable bonds is 6. The average Bonchev–Trinajstić information content (AvgIpc) is 2.54. The number of ketones is 1. The maximum absolute atomic E-state index is 13.3. The summed E-state index contributed by atoms with van der Waals surface area (Å²) in [6.45, 7) is 3.48. The van der Waals surface area contributed by atoms with Crippen molar-refractivity contribution in [2.75, 3.05) is 0 Å². The lowest BCUT2D eigenvalue weighted by Crippen LogP contribution is -2.24. The quantitative estimate of drug-likeness (QED) is 0.459. The number of carbonyl (C=O) groups is 1. The van der Waals surface area contributed by atoms with Crippen molar-refractivity contribution in [3.05, 3.63) is 69.5 Å². The van der Waals surface area contributed by atoms with E-state index in [0.717, 1.165) is 30.2 Å². The van der Waals surface area contributed by atoms with Gasteiger partial charge in [0.2, 0.25) is 11.5 Å². The molecule has 0 saturated heterocycles. The van der Waals surface area contributed by atoms with Crippen molar-refractivity contribution in [3.8, 4) is 5.75 Å². The Kier molecular flexibility index (Phi) is 5.05. The molecular weight excluding hydrogens is 301 g/mol. The summed E-state index contributed by atoms with van der Waals surface area (Å²) >= 11 is 0. The van der Waals surface area contributed by atoms with Crippen LogP contribution in [-0.2, 0) is 6.42 Å². The second-order valence-corrected chi connectivity index (χ2v) is 5.04. The Labute approximate surface area is 132 Å². The Bertz CT molecular complexity index is 728. The average molecular weight is 317 g/mol. The molecule has 2 aromatic rings. The lowest BCUT2D eigenvalue weighted by molar-refractivity contribution is -0.386. The van der Waals surface area contributed by atoms with E-state index in [1.807, 2.05) is 19.1 Å². The van der Waals surface area contributed by atoms with Gasteiger partial charge in [-0.05, 0) is 25.0 Å². The predicted molar refractivity (Wildman–Crippen MR) is 83.3 cm³/mol. The molecule has 120 valence electrons. The molecule has 0 spiro atoms. The zero-order valence-electron chi connectivity index (χ0n) is 12.8. The van der Waals surface area contributed by atoms with Crippen molar-refractivity contribution >= 4 is 11.5 Å². The summed E-state index contributed by atoms with van der Waals surface area (Å²) in [7, 11) is 0. The van der Waals surface area contributed by atoms with Crippen LogP contribution < -0.4 is 4.74 Å². The minimum atomic E-state index is -0.969. The van der Waals surface area contributed by atoms with E-state index in [1.54, 1.807) is 12.1 Å². The Balaban J connectivity index is 2.20. The van der Waals surface area contributed by atoms with Gasteiger partial charge in [-0.2, -0.15) is 0 Å². The van der Waals surface area contributed by atoms with Crippen molar-refractivity contribution in [1.29, 1.82) is 0 Å². The molecule has 0 bridgehead atoms. The van der Waals surface area contributed by atoms with E-state index >= 15 is 0 Å². The predicted octanol–water partition coefficient (Wildman–Crippen LogP) is 3.95. The first-order valence-electron chi connectivity index (χ1n) is 7.16. The van der Waals surface area contributed by atoms with E-state index in [9.17, 15) is 19.3 Å². The molecule has 2 aromatic carbocycles. The smallest absolute Gasteiger partial charge is 0.311 e. The first-order valence-corrected chi connectivity index (χ1v) is 7.16. The molecule has 0 fully saturated rings. The van der Waals surface area contributed by atoms with Gasteiger partial charge in [0.1, 0.15) is 5.82 Å². The molecule has 0 heterocycles. The van der Waals surface area contributed by atoms with E-state index in [0.29, 0.717) is 5.56 Å². The number of Topliss-reactive ketones (excluding diaryl/α,β-unsaturated/α-hetero) is 1. The number of hydrogen-bond acceptors (Lipinski definition) is 4. The zero-order valence-corrected chi connectivity index (χ0v) is 12.8. The fraction of sp³-hybridized carbons (Fsp3) is 0.235. The van der Waals surface area contributed by atoms with Gasteiger partial charge < -0.3 is 4.74 Å². The molecule has 0 radical (unpaired) electrons. The lowest BCUT2D eigenvalue weighted by atomic mass is 10.0. The SMILES string of the molecule is CCc1ccc(C(=O)[C@H](C)Oc2cc(F)ccc2[N+](=O)[O-])cc1. The third-order valence-electron chi connectivity index (χ3n) is 3.44. The number of benzene rings is 2.